The Morgan fingerprint density at radius 1 is 1.18 bits per heavy atom. The van der Waals surface area contributed by atoms with E-state index in [0.29, 0.717) is 12.1 Å². The highest BCUT2D eigenvalue weighted by Gasteiger charge is 2.46. The van der Waals surface area contributed by atoms with E-state index in [4.69, 9.17) is 4.74 Å². The van der Waals surface area contributed by atoms with E-state index in [9.17, 15) is 9.59 Å². The Balaban J connectivity index is 1.76. The minimum Gasteiger partial charge on any atom is -0.462 e. The van der Waals surface area contributed by atoms with E-state index in [1.54, 1.807) is 22.7 Å². The lowest BCUT2D eigenvalue weighted by Gasteiger charge is -2.39. The first-order valence-electron chi connectivity index (χ1n) is 9.45. The van der Waals surface area contributed by atoms with Crippen LogP contribution in [0.3, 0.4) is 0 Å². The average Bonchev–Trinajstić information content (AvgIpc) is 3.33. The van der Waals surface area contributed by atoms with E-state index in [1.165, 1.54) is 4.88 Å². The average molecular weight is 414 g/mol. The molecular weight excluding hydrogens is 390 g/mol. The summed E-state index contributed by atoms with van der Waals surface area (Å²) >= 11 is 3.25. The maximum absolute atomic E-state index is 13.3. The second-order valence-corrected chi connectivity index (χ2v) is 9.50. The Hall–Kier alpha value is -2.18. The number of hydrogen-bond acceptors (Lipinski definition) is 6. The summed E-state index contributed by atoms with van der Waals surface area (Å²) in [7, 11) is 0. The van der Waals surface area contributed by atoms with Crippen LogP contribution in [0, 0.1) is 5.92 Å². The Morgan fingerprint density at radius 2 is 1.86 bits per heavy atom. The summed E-state index contributed by atoms with van der Waals surface area (Å²) < 4.78 is 5.52. The lowest BCUT2D eigenvalue weighted by molar-refractivity contribution is -0.151. The lowest BCUT2D eigenvalue weighted by atomic mass is 9.71. The van der Waals surface area contributed by atoms with Crippen LogP contribution in [0.4, 0.5) is 0 Å². The molecule has 3 heterocycles. The maximum Gasteiger partial charge on any atom is 0.316 e. The van der Waals surface area contributed by atoms with Crippen molar-refractivity contribution < 1.29 is 14.3 Å². The van der Waals surface area contributed by atoms with Crippen LogP contribution >= 0.6 is 22.7 Å². The van der Waals surface area contributed by atoms with Crippen molar-refractivity contribution in [2.24, 2.45) is 5.92 Å². The van der Waals surface area contributed by atoms with Crippen molar-refractivity contribution in [3.8, 4) is 0 Å². The summed E-state index contributed by atoms with van der Waals surface area (Å²) in [5.41, 5.74) is 2.25. The third kappa shape index (κ3) is 3.47. The second-order valence-electron chi connectivity index (χ2n) is 7.54. The van der Waals surface area contributed by atoms with Crippen molar-refractivity contribution >= 4 is 34.4 Å². The number of carbonyl (C=O) groups excluding carboxylic acids is 2. The zero-order valence-electron chi connectivity index (χ0n) is 15.9. The lowest BCUT2D eigenvalue weighted by Crippen LogP contribution is -2.42. The van der Waals surface area contributed by atoms with Crippen LogP contribution in [-0.2, 0) is 14.3 Å². The fourth-order valence-corrected chi connectivity index (χ4v) is 5.84. The molecule has 2 aromatic heterocycles. The van der Waals surface area contributed by atoms with Crippen molar-refractivity contribution in [3.05, 3.63) is 68.3 Å². The molecule has 2 aromatic rings. The van der Waals surface area contributed by atoms with E-state index >= 15 is 0 Å². The van der Waals surface area contributed by atoms with Gasteiger partial charge in [-0.05, 0) is 43.2 Å². The largest absolute Gasteiger partial charge is 0.462 e. The molecule has 3 unspecified atom stereocenters. The molecular formula is C22H23NO3S2. The summed E-state index contributed by atoms with van der Waals surface area (Å²) in [5.74, 6) is -0.963. The van der Waals surface area contributed by atoms with Gasteiger partial charge in [-0.1, -0.05) is 18.7 Å². The summed E-state index contributed by atoms with van der Waals surface area (Å²) in [6.07, 6.45) is 1.01. The van der Waals surface area contributed by atoms with Crippen LogP contribution in [0.15, 0.2) is 58.6 Å². The number of nitrogens with one attached hydrogen (secondary N) is 1. The van der Waals surface area contributed by atoms with Crippen LogP contribution in [0.25, 0.3) is 0 Å². The molecule has 0 spiro atoms. The Morgan fingerprint density at radius 3 is 2.46 bits per heavy atom. The highest BCUT2D eigenvalue weighted by atomic mass is 32.1. The zero-order chi connectivity index (χ0) is 19.8. The molecule has 1 aliphatic carbocycles. The normalized spacial score (nSPS) is 24.9. The predicted octanol–water partition coefficient (Wildman–Crippen LogP) is 4.98. The van der Waals surface area contributed by atoms with Crippen LogP contribution in [0.1, 0.15) is 48.3 Å². The number of ether oxygens (including phenoxy) is 1. The van der Waals surface area contributed by atoms with Gasteiger partial charge in [-0.15, -0.1) is 22.7 Å². The summed E-state index contributed by atoms with van der Waals surface area (Å²) in [6, 6.07) is 8.06. The van der Waals surface area contributed by atoms with Gasteiger partial charge in [0.15, 0.2) is 5.78 Å². The maximum atomic E-state index is 13.3. The predicted molar refractivity (Wildman–Crippen MR) is 112 cm³/mol. The quantitative estimate of drug-likeness (QED) is 0.719. The number of carbonyl (C=O) groups is 2. The molecule has 4 rings (SSSR count). The van der Waals surface area contributed by atoms with E-state index in [1.807, 2.05) is 42.8 Å². The smallest absolute Gasteiger partial charge is 0.316 e. The van der Waals surface area contributed by atoms with Gasteiger partial charge in [-0.2, -0.15) is 0 Å². The standard InChI is InChI=1S/C22H23NO3S2/c1-12(2)26-22(25)19-13(3)23-15-10-14(17-6-4-8-27-17)11-16(24)20(15)21(19)18-7-5-9-28-18/h4-9,12,14,19,21,23H,3,10-11H2,1-2H3. The van der Waals surface area contributed by atoms with Crippen LogP contribution < -0.4 is 5.32 Å². The topological polar surface area (TPSA) is 55.4 Å². The van der Waals surface area contributed by atoms with E-state index in [0.717, 1.165) is 22.6 Å². The fraction of sp³-hybridized carbons (Fsp3) is 0.364. The van der Waals surface area contributed by atoms with Crippen LogP contribution in [0.5, 0.6) is 0 Å². The Labute approximate surface area is 172 Å². The van der Waals surface area contributed by atoms with Gasteiger partial charge in [0.1, 0.15) is 5.92 Å². The molecule has 0 radical (unpaired) electrons. The van der Waals surface area contributed by atoms with Gasteiger partial charge in [0.05, 0.1) is 6.10 Å². The van der Waals surface area contributed by atoms with Gasteiger partial charge in [0, 0.05) is 45.0 Å². The molecule has 0 amide bonds. The third-order valence-electron chi connectivity index (χ3n) is 5.24. The van der Waals surface area contributed by atoms with Gasteiger partial charge in [0.2, 0.25) is 0 Å². The van der Waals surface area contributed by atoms with E-state index in [-0.39, 0.29) is 29.7 Å². The van der Waals surface area contributed by atoms with Gasteiger partial charge in [0.25, 0.3) is 0 Å². The summed E-state index contributed by atoms with van der Waals surface area (Å²) in [6.45, 7) is 7.80. The minimum atomic E-state index is -0.595. The van der Waals surface area contributed by atoms with Crippen LogP contribution in [-0.4, -0.2) is 17.9 Å². The number of thiophene rings is 2. The van der Waals surface area contributed by atoms with Crippen LogP contribution in [0.2, 0.25) is 0 Å². The van der Waals surface area contributed by atoms with Crippen molar-refractivity contribution in [3.63, 3.8) is 0 Å². The molecule has 0 saturated heterocycles. The molecule has 4 nitrogen and oxygen atoms in total. The minimum absolute atomic E-state index is 0.111. The molecule has 28 heavy (non-hydrogen) atoms. The summed E-state index contributed by atoms with van der Waals surface area (Å²) in [4.78, 5) is 28.4. The Kier molecular flexibility index (Phi) is 5.25. The highest BCUT2D eigenvalue weighted by molar-refractivity contribution is 7.10. The molecule has 0 aromatic carbocycles. The molecule has 146 valence electrons. The molecule has 3 atom stereocenters. The van der Waals surface area contributed by atoms with E-state index < -0.39 is 5.92 Å². The van der Waals surface area contributed by atoms with Crippen molar-refractivity contribution in [2.75, 3.05) is 0 Å². The number of allylic oxidation sites excluding steroid dienone is 2. The number of ketones is 1. The van der Waals surface area contributed by atoms with Gasteiger partial charge in [-0.25, -0.2) is 0 Å². The first-order chi connectivity index (χ1) is 13.5. The van der Waals surface area contributed by atoms with Crippen molar-refractivity contribution in [2.45, 2.75) is 44.6 Å². The number of Topliss-reactive ketones (excluding diaryl/α,β-unsaturated/α-hetero) is 1. The molecule has 0 fully saturated rings. The first-order valence-corrected chi connectivity index (χ1v) is 11.2. The molecule has 1 aliphatic heterocycles. The molecule has 2 aliphatic rings. The van der Waals surface area contributed by atoms with E-state index in [2.05, 4.69) is 18.0 Å². The fourth-order valence-electron chi connectivity index (χ4n) is 4.13. The number of rotatable bonds is 4. The zero-order valence-corrected chi connectivity index (χ0v) is 17.6. The molecule has 0 saturated carbocycles. The van der Waals surface area contributed by atoms with Gasteiger partial charge in [-0.3, -0.25) is 9.59 Å². The molecule has 6 heteroatoms. The second kappa shape index (κ2) is 7.68. The van der Waals surface area contributed by atoms with Gasteiger partial charge >= 0.3 is 5.97 Å². The number of hydrogen-bond donors (Lipinski definition) is 1. The number of esters is 1. The monoisotopic (exact) mass is 413 g/mol. The van der Waals surface area contributed by atoms with Gasteiger partial charge < -0.3 is 10.1 Å². The SMILES string of the molecule is C=C1NC2=C(C(=O)CC(c3cccs3)C2)C(c2cccs2)C1C(=O)OC(C)C. The molecule has 0 bridgehead atoms. The third-order valence-corrected chi connectivity index (χ3v) is 7.23. The highest BCUT2D eigenvalue weighted by Crippen LogP contribution is 2.48. The summed E-state index contributed by atoms with van der Waals surface area (Å²) in [5, 5.41) is 7.33. The van der Waals surface area contributed by atoms with Crippen molar-refractivity contribution in [1.29, 1.82) is 0 Å². The molecule has 1 N–H and O–H groups in total. The van der Waals surface area contributed by atoms with Crippen molar-refractivity contribution in [1.82, 2.24) is 5.32 Å². The first kappa shape index (κ1) is 19.2. The Bertz CT molecular complexity index is 925.